The first-order valence-electron chi connectivity index (χ1n) is 3.38. The van der Waals surface area contributed by atoms with Crippen molar-refractivity contribution in [3.8, 4) is 0 Å². The van der Waals surface area contributed by atoms with Gasteiger partial charge in [-0.05, 0) is 18.2 Å². The number of H-pyrrole nitrogens is 1. The zero-order valence-corrected chi connectivity index (χ0v) is 5.87. The first-order chi connectivity index (χ1) is 5.47. The lowest BCUT2D eigenvalue weighted by atomic mass is 10.2. The Balaban J connectivity index is 2.29. The third-order valence-electron chi connectivity index (χ3n) is 1.51. The van der Waals surface area contributed by atoms with Crippen molar-refractivity contribution in [2.75, 3.05) is 0 Å². The Morgan fingerprint density at radius 1 is 1.36 bits per heavy atom. The summed E-state index contributed by atoms with van der Waals surface area (Å²) in [6.45, 7) is 0. The van der Waals surface area contributed by atoms with Crippen LogP contribution in [0.2, 0.25) is 0 Å². The molecule has 2 N–H and O–H groups in total. The molecule has 0 aliphatic carbocycles. The summed E-state index contributed by atoms with van der Waals surface area (Å²) in [5, 5.41) is 0. The molecule has 0 radical (unpaired) electrons. The third kappa shape index (κ3) is 1.12. The summed E-state index contributed by atoms with van der Waals surface area (Å²) >= 11 is 0. The number of hydroxylamine groups is 1. The number of nitrogens with one attached hydrogen (secondary N) is 2. The minimum atomic E-state index is 1.08. The lowest BCUT2D eigenvalue weighted by Crippen LogP contribution is -2.05. The number of allylic oxidation sites excluding steroid dienone is 2. The molecule has 3 heteroatoms. The van der Waals surface area contributed by atoms with Crippen LogP contribution in [0.5, 0.6) is 0 Å². The molecule has 2 heterocycles. The maximum atomic E-state index is 4.78. The zero-order chi connectivity index (χ0) is 7.52. The van der Waals surface area contributed by atoms with Gasteiger partial charge in [0.05, 0.1) is 0 Å². The summed E-state index contributed by atoms with van der Waals surface area (Å²) in [7, 11) is 0. The van der Waals surface area contributed by atoms with Crippen LogP contribution in [0.15, 0.2) is 36.9 Å². The van der Waals surface area contributed by atoms with Crippen LogP contribution in [-0.2, 0) is 4.84 Å². The fourth-order valence-electron chi connectivity index (χ4n) is 0.970. The second-order valence-electron chi connectivity index (χ2n) is 2.22. The van der Waals surface area contributed by atoms with Crippen molar-refractivity contribution in [2.24, 2.45) is 0 Å². The van der Waals surface area contributed by atoms with Gasteiger partial charge in [0.15, 0.2) is 0 Å². The van der Waals surface area contributed by atoms with Crippen molar-refractivity contribution in [1.29, 1.82) is 0 Å². The molecule has 0 amide bonds. The van der Waals surface area contributed by atoms with Gasteiger partial charge in [0, 0.05) is 23.7 Å². The number of aromatic amines is 1. The quantitative estimate of drug-likeness (QED) is 0.631. The van der Waals surface area contributed by atoms with Gasteiger partial charge in [-0.1, -0.05) is 0 Å². The molecule has 2 rings (SSSR count). The smallest absolute Gasteiger partial charge is 0.119 e. The fraction of sp³-hybridized carbons (Fsp3) is 0. The molecule has 56 valence electrons. The van der Waals surface area contributed by atoms with E-state index in [0.717, 1.165) is 11.3 Å². The Morgan fingerprint density at radius 2 is 2.36 bits per heavy atom. The SMILES string of the molecule is C1=CC(c2ccc[nH]2)=CNO1. The van der Waals surface area contributed by atoms with Gasteiger partial charge in [0.1, 0.15) is 6.26 Å². The summed E-state index contributed by atoms with van der Waals surface area (Å²) in [4.78, 5) is 7.87. The standard InChI is InChI=1S/C8H8N2O/c1-2-8(9-4-1)7-3-5-11-10-6-7/h1-6,9-10H. The molecular formula is C8H8N2O. The Morgan fingerprint density at radius 3 is 3.00 bits per heavy atom. The highest BCUT2D eigenvalue weighted by atomic mass is 16.6. The molecule has 11 heavy (non-hydrogen) atoms. The molecule has 0 fully saturated rings. The Hall–Kier alpha value is -1.64. The fourth-order valence-corrected chi connectivity index (χ4v) is 0.970. The lowest BCUT2D eigenvalue weighted by molar-refractivity contribution is 0.173. The largest absolute Gasteiger partial charge is 0.391 e. The van der Waals surface area contributed by atoms with E-state index in [-0.39, 0.29) is 0 Å². The molecule has 1 aromatic rings. The average molecular weight is 148 g/mol. The summed E-state index contributed by atoms with van der Waals surface area (Å²) in [6.07, 6.45) is 7.18. The minimum absolute atomic E-state index is 1.08. The predicted octanol–water partition coefficient (Wildman–Crippen LogP) is 1.40. The Bertz CT molecular complexity index is 285. The first-order valence-corrected chi connectivity index (χ1v) is 3.38. The van der Waals surface area contributed by atoms with E-state index in [4.69, 9.17) is 4.84 Å². The van der Waals surface area contributed by atoms with E-state index < -0.39 is 0 Å². The van der Waals surface area contributed by atoms with Gasteiger partial charge in [-0.2, -0.15) is 0 Å². The number of aromatic nitrogens is 1. The van der Waals surface area contributed by atoms with Crippen LogP contribution in [-0.4, -0.2) is 4.98 Å². The summed E-state index contributed by atoms with van der Waals surface area (Å²) in [5.74, 6) is 0. The molecule has 1 aromatic heterocycles. The molecule has 3 nitrogen and oxygen atoms in total. The molecule has 0 saturated carbocycles. The molecule has 0 unspecified atom stereocenters. The van der Waals surface area contributed by atoms with Crippen molar-refractivity contribution >= 4 is 5.57 Å². The van der Waals surface area contributed by atoms with E-state index in [1.807, 2.05) is 24.4 Å². The van der Waals surface area contributed by atoms with Crippen LogP contribution in [0.4, 0.5) is 0 Å². The minimum Gasteiger partial charge on any atom is -0.391 e. The van der Waals surface area contributed by atoms with Gasteiger partial charge >= 0.3 is 0 Å². The highest BCUT2D eigenvalue weighted by molar-refractivity contribution is 5.71. The Labute approximate surface area is 64.3 Å². The molecule has 0 spiro atoms. The second kappa shape index (κ2) is 2.54. The van der Waals surface area contributed by atoms with Crippen LogP contribution in [0.3, 0.4) is 0 Å². The van der Waals surface area contributed by atoms with E-state index in [0.29, 0.717) is 0 Å². The van der Waals surface area contributed by atoms with Crippen LogP contribution in [0.25, 0.3) is 5.57 Å². The van der Waals surface area contributed by atoms with Gasteiger partial charge in [0.2, 0.25) is 0 Å². The first kappa shape index (κ1) is 6.09. The maximum absolute atomic E-state index is 4.78. The van der Waals surface area contributed by atoms with Gasteiger partial charge in [-0.25, -0.2) is 5.48 Å². The lowest BCUT2D eigenvalue weighted by Gasteiger charge is -2.06. The zero-order valence-electron chi connectivity index (χ0n) is 5.87. The topological polar surface area (TPSA) is 37.0 Å². The normalized spacial score (nSPS) is 15.1. The van der Waals surface area contributed by atoms with E-state index in [2.05, 4.69) is 10.5 Å². The monoisotopic (exact) mass is 148 g/mol. The average Bonchev–Trinajstić information content (AvgIpc) is 2.58. The van der Waals surface area contributed by atoms with Gasteiger partial charge in [-0.3, -0.25) is 0 Å². The number of hydrogen-bond donors (Lipinski definition) is 2. The molecule has 0 atom stereocenters. The molecule has 1 aliphatic rings. The summed E-state index contributed by atoms with van der Waals surface area (Å²) < 4.78 is 0. The molecule has 0 bridgehead atoms. The third-order valence-corrected chi connectivity index (χ3v) is 1.51. The van der Waals surface area contributed by atoms with Gasteiger partial charge in [0.25, 0.3) is 0 Å². The summed E-state index contributed by atoms with van der Waals surface area (Å²) in [5.41, 5.74) is 4.82. The van der Waals surface area contributed by atoms with E-state index >= 15 is 0 Å². The molecule has 0 saturated heterocycles. The number of hydrogen-bond acceptors (Lipinski definition) is 2. The van der Waals surface area contributed by atoms with E-state index in [1.165, 1.54) is 0 Å². The maximum Gasteiger partial charge on any atom is 0.119 e. The van der Waals surface area contributed by atoms with Crippen molar-refractivity contribution in [3.05, 3.63) is 42.6 Å². The van der Waals surface area contributed by atoms with Gasteiger partial charge in [-0.15, -0.1) is 0 Å². The van der Waals surface area contributed by atoms with Crippen LogP contribution >= 0.6 is 0 Å². The van der Waals surface area contributed by atoms with E-state index in [1.54, 1.807) is 12.5 Å². The molecule has 1 aliphatic heterocycles. The molecule has 0 aromatic carbocycles. The van der Waals surface area contributed by atoms with E-state index in [9.17, 15) is 0 Å². The molecular weight excluding hydrogens is 140 g/mol. The van der Waals surface area contributed by atoms with Crippen LogP contribution in [0, 0.1) is 0 Å². The highest BCUT2D eigenvalue weighted by Gasteiger charge is 1.99. The number of rotatable bonds is 1. The van der Waals surface area contributed by atoms with Crippen LogP contribution in [0.1, 0.15) is 5.69 Å². The van der Waals surface area contributed by atoms with Crippen LogP contribution < -0.4 is 5.48 Å². The van der Waals surface area contributed by atoms with Crippen molar-refractivity contribution < 1.29 is 4.84 Å². The predicted molar refractivity (Wildman–Crippen MR) is 42.1 cm³/mol. The van der Waals surface area contributed by atoms with Crippen molar-refractivity contribution in [1.82, 2.24) is 10.5 Å². The Kier molecular flexibility index (Phi) is 1.41. The highest BCUT2D eigenvalue weighted by Crippen LogP contribution is 2.13. The van der Waals surface area contributed by atoms with Crippen molar-refractivity contribution in [2.45, 2.75) is 0 Å². The van der Waals surface area contributed by atoms with Crippen molar-refractivity contribution in [3.63, 3.8) is 0 Å². The van der Waals surface area contributed by atoms with Gasteiger partial charge < -0.3 is 9.82 Å². The summed E-state index contributed by atoms with van der Waals surface area (Å²) in [6, 6.07) is 3.96. The second-order valence-corrected chi connectivity index (χ2v) is 2.22.